The van der Waals surface area contributed by atoms with E-state index >= 15 is 0 Å². The van der Waals surface area contributed by atoms with Gasteiger partial charge in [-0.2, -0.15) is 0 Å². The summed E-state index contributed by atoms with van der Waals surface area (Å²) >= 11 is 0. The lowest BCUT2D eigenvalue weighted by Crippen LogP contribution is -2.30. The molecule has 4 heteroatoms. The molecule has 120 valence electrons. The highest BCUT2D eigenvalue weighted by atomic mass is 15.2. The highest BCUT2D eigenvalue weighted by Gasteiger charge is 2.08. The van der Waals surface area contributed by atoms with Crippen molar-refractivity contribution in [3.05, 3.63) is 23.4 Å². The minimum absolute atomic E-state index is 0.882. The Kier molecular flexibility index (Phi) is 8.31. The molecule has 1 aromatic heterocycles. The maximum Gasteiger partial charge on any atom is 0.128 e. The zero-order valence-electron chi connectivity index (χ0n) is 14.4. The van der Waals surface area contributed by atoms with Crippen LogP contribution in [-0.4, -0.2) is 49.7 Å². The van der Waals surface area contributed by atoms with E-state index in [1.54, 1.807) is 0 Å². The van der Waals surface area contributed by atoms with Crippen LogP contribution in [0.4, 0.5) is 5.82 Å². The molecule has 0 saturated heterocycles. The lowest BCUT2D eigenvalue weighted by atomic mass is 10.2. The summed E-state index contributed by atoms with van der Waals surface area (Å²) in [5, 5.41) is 3.19. The Hall–Kier alpha value is -1.13. The van der Waals surface area contributed by atoms with E-state index in [0.29, 0.717) is 0 Å². The van der Waals surface area contributed by atoms with Crippen molar-refractivity contribution in [3.8, 4) is 0 Å². The summed E-state index contributed by atoms with van der Waals surface area (Å²) in [6.07, 6.45) is 1.19. The topological polar surface area (TPSA) is 31.4 Å². The zero-order chi connectivity index (χ0) is 15.7. The minimum atomic E-state index is 0.882. The number of aryl methyl sites for hydroxylation is 1. The minimum Gasteiger partial charge on any atom is -0.357 e. The first kappa shape index (κ1) is 17.9. The van der Waals surface area contributed by atoms with Gasteiger partial charge in [-0.05, 0) is 58.6 Å². The van der Waals surface area contributed by atoms with Gasteiger partial charge in [0.2, 0.25) is 0 Å². The Morgan fingerprint density at radius 2 is 1.76 bits per heavy atom. The highest BCUT2D eigenvalue weighted by molar-refractivity contribution is 5.41. The molecule has 1 heterocycles. The second kappa shape index (κ2) is 9.74. The van der Waals surface area contributed by atoms with Crippen LogP contribution in [0.3, 0.4) is 0 Å². The van der Waals surface area contributed by atoms with Gasteiger partial charge in [0.25, 0.3) is 0 Å². The Morgan fingerprint density at radius 3 is 2.29 bits per heavy atom. The van der Waals surface area contributed by atoms with Crippen molar-refractivity contribution < 1.29 is 0 Å². The van der Waals surface area contributed by atoms with Crippen LogP contribution in [-0.2, 0) is 6.54 Å². The van der Waals surface area contributed by atoms with Crippen LogP contribution in [0.5, 0.6) is 0 Å². The Bertz CT molecular complexity index is 402. The molecule has 21 heavy (non-hydrogen) atoms. The number of hydrogen-bond donors (Lipinski definition) is 1. The van der Waals surface area contributed by atoms with Gasteiger partial charge < -0.3 is 15.1 Å². The molecule has 0 bridgehead atoms. The normalized spacial score (nSPS) is 11.1. The molecule has 1 aromatic rings. The summed E-state index contributed by atoms with van der Waals surface area (Å²) < 4.78 is 0. The van der Waals surface area contributed by atoms with Crippen molar-refractivity contribution in [2.45, 2.75) is 40.7 Å². The first-order chi connectivity index (χ1) is 10.2. The van der Waals surface area contributed by atoms with E-state index in [2.05, 4.69) is 54.9 Å². The maximum atomic E-state index is 4.77. The van der Waals surface area contributed by atoms with Crippen molar-refractivity contribution >= 4 is 5.82 Å². The SMILES string of the molecule is CCN(CC)CCCN(CC)c1ccc(CNC)c(C)n1. The number of pyridine rings is 1. The van der Waals surface area contributed by atoms with Gasteiger partial charge in [0.1, 0.15) is 5.82 Å². The first-order valence-electron chi connectivity index (χ1n) is 8.24. The molecule has 0 spiro atoms. The molecule has 0 fully saturated rings. The number of hydrogen-bond acceptors (Lipinski definition) is 4. The standard InChI is InChI=1S/C17H32N4/c1-6-20(7-2)12-9-13-21(8-3)17-11-10-16(14-18-5)15(4)19-17/h10-11,18H,6-9,12-14H2,1-5H3. The van der Waals surface area contributed by atoms with E-state index in [9.17, 15) is 0 Å². The Morgan fingerprint density at radius 1 is 1.05 bits per heavy atom. The van der Waals surface area contributed by atoms with E-state index in [1.807, 2.05) is 7.05 Å². The highest BCUT2D eigenvalue weighted by Crippen LogP contribution is 2.15. The second-order valence-electron chi connectivity index (χ2n) is 5.40. The van der Waals surface area contributed by atoms with Gasteiger partial charge >= 0.3 is 0 Å². The lowest BCUT2D eigenvalue weighted by molar-refractivity contribution is 0.300. The molecule has 0 aliphatic carbocycles. The summed E-state index contributed by atoms with van der Waals surface area (Å²) in [5.41, 5.74) is 2.41. The molecule has 4 nitrogen and oxygen atoms in total. The molecule has 0 radical (unpaired) electrons. The van der Waals surface area contributed by atoms with E-state index in [4.69, 9.17) is 4.98 Å². The van der Waals surface area contributed by atoms with E-state index in [1.165, 1.54) is 18.5 Å². The number of anilines is 1. The van der Waals surface area contributed by atoms with Gasteiger partial charge in [-0.1, -0.05) is 19.9 Å². The van der Waals surface area contributed by atoms with Gasteiger partial charge in [-0.3, -0.25) is 0 Å². The zero-order valence-corrected chi connectivity index (χ0v) is 14.4. The Balaban J connectivity index is 2.61. The van der Waals surface area contributed by atoms with Crippen molar-refractivity contribution in [1.29, 1.82) is 0 Å². The van der Waals surface area contributed by atoms with Gasteiger partial charge in [0.15, 0.2) is 0 Å². The molecular formula is C17H32N4. The third-order valence-electron chi connectivity index (χ3n) is 4.05. The van der Waals surface area contributed by atoms with Crippen LogP contribution >= 0.6 is 0 Å². The first-order valence-corrected chi connectivity index (χ1v) is 8.24. The Labute approximate surface area is 130 Å². The van der Waals surface area contributed by atoms with Gasteiger partial charge in [-0.25, -0.2) is 4.98 Å². The van der Waals surface area contributed by atoms with Crippen LogP contribution in [0.1, 0.15) is 38.4 Å². The molecule has 0 saturated carbocycles. The van der Waals surface area contributed by atoms with E-state index in [-0.39, 0.29) is 0 Å². The summed E-state index contributed by atoms with van der Waals surface area (Å²) in [6.45, 7) is 15.2. The summed E-state index contributed by atoms with van der Waals surface area (Å²) in [5.74, 6) is 1.11. The molecule has 0 unspecified atom stereocenters. The monoisotopic (exact) mass is 292 g/mol. The third-order valence-corrected chi connectivity index (χ3v) is 4.05. The van der Waals surface area contributed by atoms with Gasteiger partial charge in [0.05, 0.1) is 0 Å². The van der Waals surface area contributed by atoms with Crippen LogP contribution in [0.15, 0.2) is 12.1 Å². The molecule has 0 aromatic carbocycles. The van der Waals surface area contributed by atoms with E-state index < -0.39 is 0 Å². The van der Waals surface area contributed by atoms with Crippen LogP contribution in [0.25, 0.3) is 0 Å². The molecule has 0 aliphatic heterocycles. The molecular weight excluding hydrogens is 260 g/mol. The quantitative estimate of drug-likeness (QED) is 0.718. The molecule has 1 rings (SSSR count). The summed E-state index contributed by atoms with van der Waals surface area (Å²) in [4.78, 5) is 9.62. The fourth-order valence-corrected chi connectivity index (χ4v) is 2.59. The van der Waals surface area contributed by atoms with Crippen molar-refractivity contribution in [2.24, 2.45) is 0 Å². The van der Waals surface area contributed by atoms with Crippen LogP contribution in [0.2, 0.25) is 0 Å². The number of aromatic nitrogens is 1. The number of rotatable bonds is 10. The number of nitrogens with one attached hydrogen (secondary N) is 1. The predicted octanol–water partition coefficient (Wildman–Crippen LogP) is 2.67. The molecule has 0 amide bonds. The summed E-state index contributed by atoms with van der Waals surface area (Å²) in [6, 6.07) is 4.35. The third kappa shape index (κ3) is 5.64. The summed E-state index contributed by atoms with van der Waals surface area (Å²) in [7, 11) is 1.97. The molecule has 0 atom stereocenters. The van der Waals surface area contributed by atoms with Gasteiger partial charge in [0, 0.05) is 25.3 Å². The van der Waals surface area contributed by atoms with Crippen LogP contribution < -0.4 is 10.2 Å². The average molecular weight is 292 g/mol. The molecule has 0 aliphatic rings. The fraction of sp³-hybridized carbons (Fsp3) is 0.706. The van der Waals surface area contributed by atoms with Crippen LogP contribution in [0, 0.1) is 6.92 Å². The fourth-order valence-electron chi connectivity index (χ4n) is 2.59. The van der Waals surface area contributed by atoms with Crippen molar-refractivity contribution in [3.63, 3.8) is 0 Å². The van der Waals surface area contributed by atoms with Crippen molar-refractivity contribution in [1.82, 2.24) is 15.2 Å². The largest absolute Gasteiger partial charge is 0.357 e. The molecule has 1 N–H and O–H groups in total. The smallest absolute Gasteiger partial charge is 0.128 e. The lowest BCUT2D eigenvalue weighted by Gasteiger charge is -2.25. The average Bonchev–Trinajstić information content (AvgIpc) is 2.50. The maximum absolute atomic E-state index is 4.77. The predicted molar refractivity (Wildman–Crippen MR) is 92.0 cm³/mol. The van der Waals surface area contributed by atoms with E-state index in [0.717, 1.165) is 44.2 Å². The number of nitrogens with zero attached hydrogens (tertiary/aromatic N) is 3. The second-order valence-corrected chi connectivity index (χ2v) is 5.40. The van der Waals surface area contributed by atoms with Gasteiger partial charge in [-0.15, -0.1) is 0 Å². The van der Waals surface area contributed by atoms with Crippen molar-refractivity contribution in [2.75, 3.05) is 44.7 Å².